The van der Waals surface area contributed by atoms with Gasteiger partial charge in [-0.15, -0.1) is 10.2 Å². The first kappa shape index (κ1) is 18.1. The van der Waals surface area contributed by atoms with Gasteiger partial charge in [0.25, 0.3) is 0 Å². The van der Waals surface area contributed by atoms with Gasteiger partial charge >= 0.3 is 0 Å². The summed E-state index contributed by atoms with van der Waals surface area (Å²) in [5.74, 6) is 2.30. The maximum atomic E-state index is 6.22. The highest BCUT2D eigenvalue weighted by Gasteiger charge is 2.30. The van der Waals surface area contributed by atoms with E-state index in [1.807, 2.05) is 37.8 Å². The van der Waals surface area contributed by atoms with Crippen LogP contribution in [0, 0.1) is 0 Å². The minimum absolute atomic E-state index is 0.0602. The number of ether oxygens (including phenoxy) is 1. The van der Waals surface area contributed by atoms with Crippen LogP contribution < -0.4 is 10.2 Å². The molecule has 1 saturated heterocycles. The summed E-state index contributed by atoms with van der Waals surface area (Å²) in [6, 6.07) is 12.3. The van der Waals surface area contributed by atoms with Crippen LogP contribution in [-0.4, -0.2) is 47.3 Å². The van der Waals surface area contributed by atoms with E-state index in [-0.39, 0.29) is 12.3 Å². The highest BCUT2D eigenvalue weighted by atomic mass is 32.2. The summed E-state index contributed by atoms with van der Waals surface area (Å²) in [5, 5.41) is 11.6. The van der Waals surface area contributed by atoms with Gasteiger partial charge in [-0.2, -0.15) is 0 Å². The molecule has 3 aromatic rings. The van der Waals surface area contributed by atoms with Gasteiger partial charge in [0.05, 0.1) is 6.26 Å². The largest absolute Gasteiger partial charge is 0.461 e. The standard InChI is InChI=1S/C19H23N5O2S/c1-23(2)14-8-6-13(7-9-14)18-20-11-15(26-18)12-27-19-22-21-17(24(19)3)16-5-4-10-25-16/h4-10,15,18,20H,11-12H2,1-3H3/p+1/t15-,18-/m1/s1. The molecular weight excluding hydrogens is 362 g/mol. The van der Waals surface area contributed by atoms with Crippen LogP contribution in [0.3, 0.4) is 0 Å². The third kappa shape index (κ3) is 3.87. The van der Waals surface area contributed by atoms with Gasteiger partial charge in [-0.1, -0.05) is 11.8 Å². The van der Waals surface area contributed by atoms with Gasteiger partial charge in [-0.3, -0.25) is 0 Å². The van der Waals surface area contributed by atoms with Crippen molar-refractivity contribution >= 4 is 17.4 Å². The molecule has 1 aromatic carbocycles. The summed E-state index contributed by atoms with van der Waals surface area (Å²) in [5.41, 5.74) is 2.39. The van der Waals surface area contributed by atoms with E-state index in [1.54, 1.807) is 18.0 Å². The van der Waals surface area contributed by atoms with E-state index in [0.717, 1.165) is 29.0 Å². The van der Waals surface area contributed by atoms with Crippen molar-refractivity contribution in [1.29, 1.82) is 0 Å². The van der Waals surface area contributed by atoms with Crippen molar-refractivity contribution in [3.63, 3.8) is 0 Å². The summed E-state index contributed by atoms with van der Waals surface area (Å²) >= 11 is 1.66. The number of hydrogen-bond acceptors (Lipinski definition) is 6. The van der Waals surface area contributed by atoms with Gasteiger partial charge in [0.2, 0.25) is 6.23 Å². The lowest BCUT2D eigenvalue weighted by molar-refractivity contribution is -0.697. The first-order valence-electron chi connectivity index (χ1n) is 8.94. The van der Waals surface area contributed by atoms with Crippen molar-refractivity contribution in [2.75, 3.05) is 31.3 Å². The number of hydrogen-bond donors (Lipinski definition) is 1. The van der Waals surface area contributed by atoms with E-state index < -0.39 is 0 Å². The van der Waals surface area contributed by atoms with Crippen molar-refractivity contribution in [3.05, 3.63) is 48.2 Å². The molecule has 142 valence electrons. The Hall–Kier alpha value is -2.29. The molecule has 8 heteroatoms. The Kier molecular flexibility index (Phi) is 5.20. The fourth-order valence-corrected chi connectivity index (χ4v) is 4.03. The lowest BCUT2D eigenvalue weighted by Crippen LogP contribution is -2.82. The average molecular weight is 387 g/mol. The highest BCUT2D eigenvalue weighted by Crippen LogP contribution is 2.26. The topological polar surface area (TPSA) is 72.9 Å². The number of quaternary nitrogens is 1. The number of nitrogens with two attached hydrogens (primary N) is 1. The molecule has 0 spiro atoms. The molecule has 1 aliphatic rings. The van der Waals surface area contributed by atoms with E-state index in [9.17, 15) is 0 Å². The number of furan rings is 1. The van der Waals surface area contributed by atoms with Crippen molar-refractivity contribution < 1.29 is 14.5 Å². The minimum atomic E-state index is 0.0602. The molecule has 2 atom stereocenters. The van der Waals surface area contributed by atoms with Crippen LogP contribution in [0.5, 0.6) is 0 Å². The van der Waals surface area contributed by atoms with Crippen molar-refractivity contribution in [1.82, 2.24) is 14.8 Å². The second-order valence-corrected chi connectivity index (χ2v) is 7.78. The molecule has 3 heterocycles. The highest BCUT2D eigenvalue weighted by molar-refractivity contribution is 7.99. The normalized spacial score (nSPS) is 19.5. The molecule has 2 aromatic heterocycles. The predicted molar refractivity (Wildman–Crippen MR) is 105 cm³/mol. The molecule has 0 unspecified atom stereocenters. The van der Waals surface area contributed by atoms with Crippen LogP contribution in [0.15, 0.2) is 52.2 Å². The zero-order valence-electron chi connectivity index (χ0n) is 15.7. The van der Waals surface area contributed by atoms with E-state index in [4.69, 9.17) is 9.15 Å². The van der Waals surface area contributed by atoms with Gasteiger partial charge in [-0.05, 0) is 36.4 Å². The molecule has 27 heavy (non-hydrogen) atoms. The predicted octanol–water partition coefficient (Wildman–Crippen LogP) is 1.89. The summed E-state index contributed by atoms with van der Waals surface area (Å²) < 4.78 is 13.6. The maximum Gasteiger partial charge on any atom is 0.217 e. The molecule has 1 fully saturated rings. The molecule has 0 bridgehead atoms. The Labute approximate surface area is 162 Å². The zero-order chi connectivity index (χ0) is 18.8. The van der Waals surface area contributed by atoms with E-state index >= 15 is 0 Å². The number of nitrogens with zero attached hydrogens (tertiary/aromatic N) is 4. The smallest absolute Gasteiger partial charge is 0.217 e. The summed E-state index contributed by atoms with van der Waals surface area (Å²) in [6.45, 7) is 0.940. The second kappa shape index (κ2) is 7.75. The molecule has 7 nitrogen and oxygen atoms in total. The Bertz CT molecular complexity index is 876. The van der Waals surface area contributed by atoms with Crippen LogP contribution in [0.25, 0.3) is 11.6 Å². The number of rotatable bonds is 6. The molecule has 0 radical (unpaired) electrons. The van der Waals surface area contributed by atoms with Gasteiger partial charge < -0.3 is 23.9 Å². The maximum absolute atomic E-state index is 6.22. The average Bonchev–Trinajstić information content (AvgIpc) is 3.41. The monoisotopic (exact) mass is 386 g/mol. The fraction of sp³-hybridized carbons (Fsp3) is 0.368. The zero-order valence-corrected chi connectivity index (χ0v) is 16.5. The summed E-state index contributed by atoms with van der Waals surface area (Å²) in [7, 11) is 6.05. The molecule has 1 aliphatic heterocycles. The van der Waals surface area contributed by atoms with Crippen molar-refractivity contribution in [2.45, 2.75) is 17.5 Å². The SMILES string of the molecule is CN(C)c1ccc([C@@H]2[NH2+]C[C@H](CSc3nnc(-c4ccco4)n3C)O2)cc1. The third-order valence-corrected chi connectivity index (χ3v) is 5.82. The number of aromatic nitrogens is 3. The summed E-state index contributed by atoms with van der Waals surface area (Å²) in [4.78, 5) is 2.10. The third-order valence-electron chi connectivity index (χ3n) is 4.66. The van der Waals surface area contributed by atoms with Gasteiger partial charge in [0.15, 0.2) is 16.7 Å². The second-order valence-electron chi connectivity index (χ2n) is 6.79. The van der Waals surface area contributed by atoms with E-state index in [2.05, 4.69) is 44.7 Å². The van der Waals surface area contributed by atoms with E-state index in [1.165, 1.54) is 11.3 Å². The Morgan fingerprint density at radius 2 is 2.04 bits per heavy atom. The van der Waals surface area contributed by atoms with Crippen LogP contribution in [0.4, 0.5) is 5.69 Å². The quantitative estimate of drug-likeness (QED) is 0.653. The molecule has 4 rings (SSSR count). The molecular formula is C19H24N5O2S+. The molecule has 0 aliphatic carbocycles. The first-order valence-corrected chi connectivity index (χ1v) is 9.92. The Morgan fingerprint density at radius 1 is 1.22 bits per heavy atom. The number of thioether (sulfide) groups is 1. The minimum Gasteiger partial charge on any atom is -0.461 e. The number of anilines is 1. The van der Waals surface area contributed by atoms with Crippen LogP contribution >= 0.6 is 11.8 Å². The van der Waals surface area contributed by atoms with E-state index in [0.29, 0.717) is 0 Å². The summed E-state index contributed by atoms with van der Waals surface area (Å²) in [6.07, 6.45) is 1.88. The van der Waals surface area contributed by atoms with Crippen molar-refractivity contribution in [3.8, 4) is 11.6 Å². The fourth-order valence-electron chi connectivity index (χ4n) is 3.11. The molecule has 0 saturated carbocycles. The lowest BCUT2D eigenvalue weighted by atomic mass is 10.2. The van der Waals surface area contributed by atoms with Crippen molar-refractivity contribution in [2.24, 2.45) is 7.05 Å². The van der Waals surface area contributed by atoms with Gasteiger partial charge in [0, 0.05) is 38.1 Å². The Balaban J connectivity index is 1.34. The lowest BCUT2D eigenvalue weighted by Gasteiger charge is -2.14. The molecule has 2 N–H and O–H groups in total. The van der Waals surface area contributed by atoms with Gasteiger partial charge in [0.1, 0.15) is 12.6 Å². The molecule has 0 amide bonds. The Morgan fingerprint density at radius 3 is 2.74 bits per heavy atom. The van der Waals surface area contributed by atoms with Crippen LogP contribution in [0.2, 0.25) is 0 Å². The van der Waals surface area contributed by atoms with Crippen LogP contribution in [0.1, 0.15) is 11.8 Å². The van der Waals surface area contributed by atoms with Gasteiger partial charge in [-0.25, -0.2) is 0 Å². The van der Waals surface area contributed by atoms with Crippen LogP contribution in [-0.2, 0) is 11.8 Å². The first-order chi connectivity index (χ1) is 13.1. The number of benzene rings is 1.